The van der Waals surface area contributed by atoms with Crippen molar-refractivity contribution in [1.82, 2.24) is 9.88 Å². The van der Waals surface area contributed by atoms with Gasteiger partial charge in [-0.05, 0) is 11.4 Å². The second-order valence-electron chi connectivity index (χ2n) is 4.33. The number of thiophene rings is 1. The Balaban J connectivity index is 2.30. The fraction of sp³-hybridized carbons (Fsp3) is 0.231. The van der Waals surface area contributed by atoms with Gasteiger partial charge in [-0.3, -0.25) is 14.9 Å². The van der Waals surface area contributed by atoms with E-state index in [1.807, 2.05) is 17.5 Å². The maximum Gasteiger partial charge on any atom is 0.300 e. The van der Waals surface area contributed by atoms with Crippen molar-refractivity contribution in [3.8, 4) is 0 Å². The van der Waals surface area contributed by atoms with Crippen LogP contribution < -0.4 is 5.32 Å². The first-order valence-corrected chi connectivity index (χ1v) is 7.01. The number of pyridine rings is 1. The van der Waals surface area contributed by atoms with Crippen molar-refractivity contribution in [2.24, 2.45) is 0 Å². The van der Waals surface area contributed by atoms with Crippen molar-refractivity contribution < 1.29 is 9.72 Å². The van der Waals surface area contributed by atoms with Crippen molar-refractivity contribution in [2.45, 2.75) is 6.54 Å². The van der Waals surface area contributed by atoms with E-state index in [2.05, 4.69) is 10.3 Å². The predicted molar refractivity (Wildman–Crippen MR) is 80.6 cm³/mol. The van der Waals surface area contributed by atoms with Crippen LogP contribution >= 0.6 is 11.3 Å². The molecule has 2 aromatic rings. The standard InChI is InChI=1S/C13H14N4O3S/c1-14-12-6-10(11(7-15-12)17(19)20)13(18)16(2)8-9-4-3-5-21-9/h3-7H,8H2,1-2H3,(H,14,15). The topological polar surface area (TPSA) is 88.4 Å². The van der Waals surface area contributed by atoms with Crippen LogP contribution in [0.15, 0.2) is 29.8 Å². The molecule has 2 rings (SSSR count). The molecule has 1 N–H and O–H groups in total. The van der Waals surface area contributed by atoms with Crippen molar-refractivity contribution in [3.63, 3.8) is 0 Å². The van der Waals surface area contributed by atoms with E-state index in [0.717, 1.165) is 11.1 Å². The lowest BCUT2D eigenvalue weighted by atomic mass is 10.2. The molecule has 2 heterocycles. The molecule has 0 aliphatic heterocycles. The molecule has 0 fully saturated rings. The van der Waals surface area contributed by atoms with Gasteiger partial charge in [0.1, 0.15) is 17.6 Å². The van der Waals surface area contributed by atoms with E-state index >= 15 is 0 Å². The molecule has 0 saturated carbocycles. The van der Waals surface area contributed by atoms with Crippen molar-refractivity contribution in [3.05, 3.63) is 50.3 Å². The van der Waals surface area contributed by atoms with E-state index < -0.39 is 10.8 Å². The van der Waals surface area contributed by atoms with E-state index in [1.54, 1.807) is 14.1 Å². The van der Waals surface area contributed by atoms with Crippen LogP contribution in [-0.4, -0.2) is 34.8 Å². The molecule has 7 nitrogen and oxygen atoms in total. The fourth-order valence-electron chi connectivity index (χ4n) is 1.82. The Hall–Kier alpha value is -2.48. The largest absolute Gasteiger partial charge is 0.373 e. The molecule has 0 atom stereocenters. The molecule has 21 heavy (non-hydrogen) atoms. The lowest BCUT2D eigenvalue weighted by molar-refractivity contribution is -0.385. The SMILES string of the molecule is CNc1cc(C(=O)N(C)Cc2cccs2)c([N+](=O)[O-])cn1. The number of amides is 1. The number of anilines is 1. The second-order valence-corrected chi connectivity index (χ2v) is 5.37. The quantitative estimate of drug-likeness (QED) is 0.676. The van der Waals surface area contributed by atoms with Gasteiger partial charge in [0.2, 0.25) is 0 Å². The van der Waals surface area contributed by atoms with Crippen LogP contribution in [0.1, 0.15) is 15.2 Å². The van der Waals surface area contributed by atoms with Gasteiger partial charge in [0.05, 0.1) is 11.5 Å². The zero-order valence-corrected chi connectivity index (χ0v) is 12.4. The molecule has 0 unspecified atom stereocenters. The van der Waals surface area contributed by atoms with Crippen molar-refractivity contribution >= 4 is 28.7 Å². The third-order valence-corrected chi connectivity index (χ3v) is 3.75. The smallest absolute Gasteiger partial charge is 0.300 e. The zero-order chi connectivity index (χ0) is 15.4. The minimum absolute atomic E-state index is 0.0263. The summed E-state index contributed by atoms with van der Waals surface area (Å²) in [6.07, 6.45) is 1.10. The lowest BCUT2D eigenvalue weighted by Gasteiger charge is -2.16. The summed E-state index contributed by atoms with van der Waals surface area (Å²) >= 11 is 1.53. The Bertz CT molecular complexity index is 657. The summed E-state index contributed by atoms with van der Waals surface area (Å²) in [6, 6.07) is 5.20. The molecule has 8 heteroatoms. The number of aromatic nitrogens is 1. The van der Waals surface area contributed by atoms with Crippen LogP contribution in [0.25, 0.3) is 0 Å². The number of nitrogens with zero attached hydrogens (tertiary/aromatic N) is 3. The summed E-state index contributed by atoms with van der Waals surface area (Å²) in [7, 11) is 3.25. The van der Waals surface area contributed by atoms with Gasteiger partial charge in [-0.2, -0.15) is 0 Å². The highest BCUT2D eigenvalue weighted by molar-refractivity contribution is 7.09. The van der Waals surface area contributed by atoms with Gasteiger partial charge in [0.25, 0.3) is 11.6 Å². The van der Waals surface area contributed by atoms with Crippen molar-refractivity contribution in [2.75, 3.05) is 19.4 Å². The molecule has 110 valence electrons. The van der Waals surface area contributed by atoms with E-state index in [0.29, 0.717) is 12.4 Å². The number of nitro groups is 1. The first kappa shape index (κ1) is 14.9. The summed E-state index contributed by atoms with van der Waals surface area (Å²) in [5.74, 6) is 0.00229. The van der Waals surface area contributed by atoms with Gasteiger partial charge < -0.3 is 10.2 Å². The maximum atomic E-state index is 12.4. The summed E-state index contributed by atoms with van der Waals surface area (Å²) in [5, 5.41) is 15.7. The van der Waals surface area contributed by atoms with Crippen LogP contribution in [0.3, 0.4) is 0 Å². The second kappa shape index (κ2) is 6.31. The van der Waals surface area contributed by atoms with Crippen LogP contribution in [0.4, 0.5) is 11.5 Å². The lowest BCUT2D eigenvalue weighted by Crippen LogP contribution is -2.26. The van der Waals surface area contributed by atoms with Gasteiger partial charge in [-0.1, -0.05) is 6.07 Å². The zero-order valence-electron chi connectivity index (χ0n) is 11.6. The number of carbonyl (C=O) groups excluding carboxylic acids is 1. The van der Waals surface area contributed by atoms with Gasteiger partial charge >= 0.3 is 0 Å². The molecule has 1 amide bonds. The number of hydrogen-bond acceptors (Lipinski definition) is 6. The maximum absolute atomic E-state index is 12.4. The highest BCUT2D eigenvalue weighted by Gasteiger charge is 2.24. The fourth-order valence-corrected chi connectivity index (χ4v) is 2.57. The highest BCUT2D eigenvalue weighted by atomic mass is 32.1. The molecule has 0 radical (unpaired) electrons. The Morgan fingerprint density at radius 1 is 1.57 bits per heavy atom. The van der Waals surface area contributed by atoms with E-state index in [4.69, 9.17) is 0 Å². The van der Waals surface area contributed by atoms with Gasteiger partial charge in [-0.15, -0.1) is 11.3 Å². The summed E-state index contributed by atoms with van der Waals surface area (Å²) in [6.45, 7) is 0.408. The average Bonchev–Trinajstić information content (AvgIpc) is 2.98. The molecule has 2 aromatic heterocycles. The third kappa shape index (κ3) is 3.34. The number of rotatable bonds is 5. The van der Waals surface area contributed by atoms with Gasteiger partial charge in [-0.25, -0.2) is 4.98 Å². The number of nitrogens with one attached hydrogen (secondary N) is 1. The van der Waals surface area contributed by atoms with Gasteiger partial charge in [0.15, 0.2) is 0 Å². The molecule has 0 bridgehead atoms. The van der Waals surface area contributed by atoms with Crippen LogP contribution in [0.5, 0.6) is 0 Å². The summed E-state index contributed by atoms with van der Waals surface area (Å²) in [5.41, 5.74) is -0.268. The minimum Gasteiger partial charge on any atom is -0.373 e. The molecule has 0 aliphatic rings. The molecular formula is C13H14N4O3S. The Morgan fingerprint density at radius 2 is 2.33 bits per heavy atom. The van der Waals surface area contributed by atoms with Crippen LogP contribution in [0.2, 0.25) is 0 Å². The summed E-state index contributed by atoms with van der Waals surface area (Å²) < 4.78 is 0. The Morgan fingerprint density at radius 3 is 2.90 bits per heavy atom. The van der Waals surface area contributed by atoms with Crippen LogP contribution in [-0.2, 0) is 6.54 Å². The van der Waals surface area contributed by atoms with Gasteiger partial charge in [0, 0.05) is 25.0 Å². The number of hydrogen-bond donors (Lipinski definition) is 1. The monoisotopic (exact) mass is 306 g/mol. The molecule has 0 aromatic carbocycles. The first-order valence-electron chi connectivity index (χ1n) is 6.13. The Labute approximate surface area is 125 Å². The number of carbonyl (C=O) groups is 1. The highest BCUT2D eigenvalue weighted by Crippen LogP contribution is 2.22. The Kier molecular flexibility index (Phi) is 4.49. The van der Waals surface area contributed by atoms with E-state index in [1.165, 1.54) is 22.3 Å². The predicted octanol–water partition coefficient (Wildman–Crippen LogP) is 2.37. The molecule has 0 aliphatic carbocycles. The van der Waals surface area contributed by atoms with E-state index in [9.17, 15) is 14.9 Å². The normalized spacial score (nSPS) is 10.2. The molecular weight excluding hydrogens is 292 g/mol. The summed E-state index contributed by atoms with van der Waals surface area (Å²) in [4.78, 5) is 29.2. The molecule has 0 saturated heterocycles. The van der Waals surface area contributed by atoms with Crippen LogP contribution in [0, 0.1) is 10.1 Å². The third-order valence-electron chi connectivity index (χ3n) is 2.89. The van der Waals surface area contributed by atoms with Crippen molar-refractivity contribution in [1.29, 1.82) is 0 Å². The molecule has 0 spiro atoms. The van der Waals surface area contributed by atoms with E-state index in [-0.39, 0.29) is 11.3 Å². The minimum atomic E-state index is -0.599. The average molecular weight is 306 g/mol. The first-order chi connectivity index (χ1) is 10.0.